The second-order valence-corrected chi connectivity index (χ2v) is 10.6. The first-order valence-corrected chi connectivity index (χ1v) is 12.0. The summed E-state index contributed by atoms with van der Waals surface area (Å²) in [6.07, 6.45) is 11.9. The van der Waals surface area contributed by atoms with E-state index in [2.05, 4.69) is 0 Å². The lowest BCUT2D eigenvalue weighted by Gasteiger charge is -2.48. The zero-order valence-corrected chi connectivity index (χ0v) is 21.2. The molecule has 8 heteroatoms. The number of esters is 1. The normalized spacial score (nSPS) is 47.1. The van der Waals surface area contributed by atoms with Gasteiger partial charge in [0.25, 0.3) is 0 Å². The molecule has 8 nitrogen and oxygen atoms in total. The van der Waals surface area contributed by atoms with Crippen molar-refractivity contribution in [3.8, 4) is 0 Å². The standard InChI is InChI=1S/C28H32O8/c1-7-9-11-13-16(29)18-19-20-26(6)28(35,15(3)22(32)36-26)25(5,21(18)31)27(20,23(33)24(19,4)34)17(30)14-12-10-8-2/h7-15,19-20,29,34-35H,1-6H3. The Balaban J connectivity index is 2.17. The monoisotopic (exact) mass is 496 g/mol. The summed E-state index contributed by atoms with van der Waals surface area (Å²) in [6.45, 7) is 8.79. The average Bonchev–Trinajstić information content (AvgIpc) is 3.15. The van der Waals surface area contributed by atoms with E-state index in [0.29, 0.717) is 0 Å². The van der Waals surface area contributed by atoms with Gasteiger partial charge in [-0.3, -0.25) is 19.2 Å². The number of allylic oxidation sites excluding steroid dienone is 8. The number of hydrogen-bond acceptors (Lipinski definition) is 8. The van der Waals surface area contributed by atoms with Crippen molar-refractivity contribution in [1.29, 1.82) is 0 Å². The molecule has 36 heavy (non-hydrogen) atoms. The zero-order valence-electron chi connectivity index (χ0n) is 21.2. The Morgan fingerprint density at radius 1 is 0.944 bits per heavy atom. The molecule has 8 unspecified atom stereocenters. The maximum atomic E-state index is 14.4. The van der Waals surface area contributed by atoms with Crippen molar-refractivity contribution in [2.45, 2.75) is 58.3 Å². The first kappa shape index (κ1) is 26.0. The van der Waals surface area contributed by atoms with Crippen molar-refractivity contribution in [2.24, 2.45) is 28.6 Å². The van der Waals surface area contributed by atoms with Gasteiger partial charge in [-0.25, -0.2) is 0 Å². The molecule has 1 saturated heterocycles. The van der Waals surface area contributed by atoms with Crippen LogP contribution in [0.1, 0.15) is 41.5 Å². The maximum Gasteiger partial charge on any atom is 0.312 e. The van der Waals surface area contributed by atoms with Crippen molar-refractivity contribution in [3.05, 3.63) is 59.9 Å². The fourth-order valence-corrected chi connectivity index (χ4v) is 7.76. The highest BCUT2D eigenvalue weighted by atomic mass is 16.6. The molecule has 0 aromatic heterocycles. The van der Waals surface area contributed by atoms with E-state index < -0.39 is 74.5 Å². The van der Waals surface area contributed by atoms with Crippen molar-refractivity contribution < 1.29 is 39.2 Å². The molecular formula is C28H32O8. The van der Waals surface area contributed by atoms with E-state index in [0.717, 1.165) is 6.08 Å². The number of hydrogen-bond donors (Lipinski definition) is 3. The van der Waals surface area contributed by atoms with Gasteiger partial charge in [-0.1, -0.05) is 36.5 Å². The van der Waals surface area contributed by atoms with E-state index in [1.807, 2.05) is 0 Å². The lowest BCUT2D eigenvalue weighted by molar-refractivity contribution is -0.180. The van der Waals surface area contributed by atoms with Crippen LogP contribution in [0.4, 0.5) is 0 Å². The quantitative estimate of drug-likeness (QED) is 0.174. The van der Waals surface area contributed by atoms with E-state index in [1.54, 1.807) is 38.2 Å². The summed E-state index contributed by atoms with van der Waals surface area (Å²) in [7, 11) is 0. The zero-order chi connectivity index (χ0) is 27.1. The Hall–Kier alpha value is -3.10. The summed E-state index contributed by atoms with van der Waals surface area (Å²) in [5, 5.41) is 35.0. The van der Waals surface area contributed by atoms with Gasteiger partial charge in [-0.05, 0) is 53.7 Å². The molecule has 8 atom stereocenters. The maximum absolute atomic E-state index is 14.4. The number of Topliss-reactive ketones (excluding diaryl/α,β-unsaturated/α-hetero) is 2. The number of aliphatic hydroxyl groups excluding tert-OH is 1. The Labute approximate surface area is 209 Å². The molecule has 4 aliphatic rings. The molecule has 4 bridgehead atoms. The van der Waals surface area contributed by atoms with Gasteiger partial charge >= 0.3 is 5.97 Å². The molecule has 1 heterocycles. The molecule has 1 aliphatic heterocycles. The highest BCUT2D eigenvalue weighted by Gasteiger charge is 2.97. The van der Waals surface area contributed by atoms with Crippen LogP contribution >= 0.6 is 0 Å². The van der Waals surface area contributed by atoms with Gasteiger partial charge in [0, 0.05) is 17.4 Å². The van der Waals surface area contributed by atoms with Crippen LogP contribution in [0.5, 0.6) is 0 Å². The second-order valence-electron chi connectivity index (χ2n) is 10.6. The van der Waals surface area contributed by atoms with Crippen LogP contribution in [0.3, 0.4) is 0 Å². The van der Waals surface area contributed by atoms with Crippen LogP contribution in [0.25, 0.3) is 0 Å². The SMILES string of the molecule is CC=CC=CC(=O)C12C(=O)C(C)(O)C3C(=C(O)C=CC=CC)C(=O)C1(C)C1(O)C(C)C(=O)OC1(C)C32. The Morgan fingerprint density at radius 2 is 1.50 bits per heavy atom. The number of aliphatic hydroxyl groups is 3. The number of carbonyl (C=O) groups is 4. The first-order valence-electron chi connectivity index (χ1n) is 12.0. The highest BCUT2D eigenvalue weighted by molar-refractivity contribution is 6.26. The van der Waals surface area contributed by atoms with E-state index in [9.17, 15) is 34.5 Å². The van der Waals surface area contributed by atoms with Gasteiger partial charge < -0.3 is 20.1 Å². The minimum atomic E-state index is -2.28. The van der Waals surface area contributed by atoms with Crippen LogP contribution in [-0.4, -0.2) is 55.4 Å². The summed E-state index contributed by atoms with van der Waals surface area (Å²) in [5.41, 5.74) is -11.2. The highest BCUT2D eigenvalue weighted by Crippen LogP contribution is 2.81. The van der Waals surface area contributed by atoms with Gasteiger partial charge in [0.15, 0.2) is 17.3 Å². The Kier molecular flexibility index (Phi) is 5.56. The molecule has 4 fully saturated rings. The lowest BCUT2D eigenvalue weighted by Crippen LogP contribution is -2.65. The lowest BCUT2D eigenvalue weighted by atomic mass is 9.50. The number of ketones is 3. The molecule has 0 aromatic rings. The number of fused-ring (bicyclic) bond motifs is 2. The molecule has 0 amide bonds. The van der Waals surface area contributed by atoms with Crippen LogP contribution in [0, 0.1) is 28.6 Å². The molecule has 4 rings (SSSR count). The van der Waals surface area contributed by atoms with Gasteiger partial charge in [0.2, 0.25) is 0 Å². The van der Waals surface area contributed by atoms with Crippen molar-refractivity contribution >= 4 is 23.3 Å². The molecule has 3 saturated carbocycles. The predicted molar refractivity (Wildman–Crippen MR) is 129 cm³/mol. The van der Waals surface area contributed by atoms with Crippen molar-refractivity contribution in [2.75, 3.05) is 0 Å². The number of ether oxygens (including phenoxy) is 1. The summed E-state index contributed by atoms with van der Waals surface area (Å²) in [5.74, 6) is -7.85. The summed E-state index contributed by atoms with van der Waals surface area (Å²) in [4.78, 5) is 55.4. The Morgan fingerprint density at radius 3 is 2.06 bits per heavy atom. The van der Waals surface area contributed by atoms with Crippen LogP contribution < -0.4 is 0 Å². The largest absolute Gasteiger partial charge is 0.508 e. The fraction of sp³-hybridized carbons (Fsp3) is 0.500. The molecular weight excluding hydrogens is 464 g/mol. The van der Waals surface area contributed by atoms with E-state index >= 15 is 0 Å². The average molecular weight is 497 g/mol. The van der Waals surface area contributed by atoms with Crippen LogP contribution in [-0.2, 0) is 23.9 Å². The number of carbonyl (C=O) groups excluding carboxylic acids is 4. The molecule has 3 aliphatic carbocycles. The fourth-order valence-electron chi connectivity index (χ4n) is 7.76. The summed E-state index contributed by atoms with van der Waals surface area (Å²) >= 11 is 0. The van der Waals surface area contributed by atoms with Gasteiger partial charge in [0.05, 0.1) is 11.3 Å². The molecule has 192 valence electrons. The topological polar surface area (TPSA) is 138 Å². The van der Waals surface area contributed by atoms with E-state index in [1.165, 1.54) is 45.9 Å². The van der Waals surface area contributed by atoms with Crippen LogP contribution in [0.2, 0.25) is 0 Å². The van der Waals surface area contributed by atoms with E-state index in [-0.39, 0.29) is 5.57 Å². The van der Waals surface area contributed by atoms with Gasteiger partial charge in [0.1, 0.15) is 28.0 Å². The minimum absolute atomic E-state index is 0.271. The molecule has 3 N–H and O–H groups in total. The van der Waals surface area contributed by atoms with Crippen molar-refractivity contribution in [3.63, 3.8) is 0 Å². The molecule has 0 radical (unpaired) electrons. The van der Waals surface area contributed by atoms with Crippen LogP contribution in [0.15, 0.2) is 59.9 Å². The first-order chi connectivity index (χ1) is 16.7. The number of rotatable bonds is 5. The van der Waals surface area contributed by atoms with Crippen molar-refractivity contribution in [1.82, 2.24) is 0 Å². The third-order valence-electron chi connectivity index (χ3n) is 9.20. The Bertz CT molecular complexity index is 1230. The van der Waals surface area contributed by atoms with Gasteiger partial charge in [-0.2, -0.15) is 0 Å². The minimum Gasteiger partial charge on any atom is -0.508 e. The van der Waals surface area contributed by atoms with Gasteiger partial charge in [-0.15, -0.1) is 0 Å². The summed E-state index contributed by atoms with van der Waals surface area (Å²) in [6, 6.07) is 0. The predicted octanol–water partition coefficient (Wildman–Crippen LogP) is 2.47. The van der Waals surface area contributed by atoms with E-state index in [4.69, 9.17) is 4.74 Å². The second kappa shape index (κ2) is 7.70. The smallest absolute Gasteiger partial charge is 0.312 e. The third kappa shape index (κ3) is 2.42. The molecule has 0 spiro atoms. The molecule has 0 aromatic carbocycles. The summed E-state index contributed by atoms with van der Waals surface area (Å²) < 4.78 is 5.74. The third-order valence-corrected chi connectivity index (χ3v) is 9.20.